The van der Waals surface area contributed by atoms with Gasteiger partial charge in [0.25, 0.3) is 5.88 Å². The molecule has 1 aliphatic heterocycles. The smallest absolute Gasteiger partial charge is 0.410 e. The molecule has 3 rings (SSSR count). The maximum Gasteiger partial charge on any atom is 0.410 e. The lowest BCUT2D eigenvalue weighted by Crippen LogP contribution is -2.50. The van der Waals surface area contributed by atoms with Gasteiger partial charge in [-0.1, -0.05) is 12.1 Å². The lowest BCUT2D eigenvalue weighted by atomic mass is 10.0. The number of methoxy groups -OCH3 is 1. The zero-order valence-corrected chi connectivity index (χ0v) is 17.4. The zero-order valence-electron chi connectivity index (χ0n) is 17.4. The van der Waals surface area contributed by atoms with Gasteiger partial charge in [0.15, 0.2) is 5.82 Å². The van der Waals surface area contributed by atoms with Crippen molar-refractivity contribution in [3.05, 3.63) is 24.3 Å². The van der Waals surface area contributed by atoms with E-state index in [0.717, 1.165) is 30.3 Å². The van der Waals surface area contributed by atoms with Gasteiger partial charge in [-0.05, 0) is 52.2 Å². The first-order valence-corrected chi connectivity index (χ1v) is 9.80. The Morgan fingerprint density at radius 3 is 2.54 bits per heavy atom. The number of amides is 1. The molecule has 2 aromatic rings. The van der Waals surface area contributed by atoms with Gasteiger partial charge >= 0.3 is 6.09 Å². The maximum atomic E-state index is 12.7. The molecule has 0 bridgehead atoms. The highest BCUT2D eigenvalue weighted by atomic mass is 16.6. The summed E-state index contributed by atoms with van der Waals surface area (Å²) < 4.78 is 11.1. The van der Waals surface area contributed by atoms with Crippen LogP contribution >= 0.6 is 0 Å². The molecule has 1 aliphatic rings. The molecule has 0 aliphatic carbocycles. The highest BCUT2D eigenvalue weighted by Gasteiger charge is 2.31. The van der Waals surface area contributed by atoms with Crippen LogP contribution in [0.2, 0.25) is 0 Å². The third-order valence-corrected chi connectivity index (χ3v) is 4.82. The Hall–Kier alpha value is -2.57. The summed E-state index contributed by atoms with van der Waals surface area (Å²) in [5.41, 5.74) is 1.11. The van der Waals surface area contributed by atoms with Crippen molar-refractivity contribution in [3.63, 3.8) is 0 Å². The average molecular weight is 386 g/mol. The van der Waals surface area contributed by atoms with Crippen LogP contribution in [0.5, 0.6) is 5.88 Å². The predicted octanol–water partition coefficient (Wildman–Crippen LogP) is 3.86. The number of likely N-dealkylation sites (tertiary alicyclic amines) is 1. The summed E-state index contributed by atoms with van der Waals surface area (Å²) >= 11 is 0. The fourth-order valence-electron chi connectivity index (χ4n) is 3.51. The number of aromatic nitrogens is 2. The molecule has 1 aromatic heterocycles. The summed E-state index contributed by atoms with van der Waals surface area (Å²) in [5.74, 6) is 1.16. The van der Waals surface area contributed by atoms with Crippen molar-refractivity contribution in [2.24, 2.45) is 0 Å². The minimum atomic E-state index is -0.502. The Morgan fingerprint density at radius 2 is 1.89 bits per heavy atom. The van der Waals surface area contributed by atoms with Crippen molar-refractivity contribution in [2.75, 3.05) is 32.1 Å². The van der Waals surface area contributed by atoms with Crippen LogP contribution in [0.3, 0.4) is 0 Å². The van der Waals surface area contributed by atoms with E-state index in [1.807, 2.05) is 61.9 Å². The monoisotopic (exact) mass is 386 g/mol. The number of benzene rings is 1. The second-order valence-electron chi connectivity index (χ2n) is 8.25. The minimum absolute atomic E-state index is 0.0616. The van der Waals surface area contributed by atoms with Gasteiger partial charge in [-0.15, -0.1) is 0 Å². The lowest BCUT2D eigenvalue weighted by Gasteiger charge is -2.38. The van der Waals surface area contributed by atoms with Crippen LogP contribution in [0.4, 0.5) is 10.6 Å². The third kappa shape index (κ3) is 4.64. The largest absolute Gasteiger partial charge is 0.478 e. The number of likely N-dealkylation sites (N-methyl/N-ethyl adjacent to an activating group) is 1. The van der Waals surface area contributed by atoms with Gasteiger partial charge in [-0.3, -0.25) is 0 Å². The summed E-state index contributed by atoms with van der Waals surface area (Å²) in [6.45, 7) is 7.04. The van der Waals surface area contributed by atoms with Gasteiger partial charge in [-0.25, -0.2) is 14.8 Å². The van der Waals surface area contributed by atoms with E-state index < -0.39 is 5.60 Å². The SMILES string of the molecule is COc1nc2ccccc2nc1N(C)C[C@@H]1CCCCN1C(=O)OC(C)(C)C. The first kappa shape index (κ1) is 20.2. The van der Waals surface area contributed by atoms with Gasteiger partial charge < -0.3 is 19.3 Å². The second kappa shape index (κ2) is 8.20. The molecule has 0 saturated carbocycles. The van der Waals surface area contributed by atoms with E-state index in [4.69, 9.17) is 14.5 Å². The van der Waals surface area contributed by atoms with Gasteiger partial charge in [-0.2, -0.15) is 0 Å². The number of para-hydroxylation sites is 2. The van der Waals surface area contributed by atoms with Crippen LogP contribution in [0.25, 0.3) is 11.0 Å². The summed E-state index contributed by atoms with van der Waals surface area (Å²) in [6.07, 6.45) is 2.78. The molecule has 152 valence electrons. The van der Waals surface area contributed by atoms with Gasteiger partial charge in [0.1, 0.15) is 5.60 Å². The van der Waals surface area contributed by atoms with E-state index in [2.05, 4.69) is 4.98 Å². The molecule has 7 heteroatoms. The standard InChI is InChI=1S/C21H30N4O3/c1-21(2,3)28-20(26)25-13-9-8-10-15(25)14-24(4)18-19(27-5)23-17-12-7-6-11-16(17)22-18/h6-7,11-12,15H,8-10,13-14H2,1-5H3/t15-/m0/s1. The van der Waals surface area contributed by atoms with Crippen molar-refractivity contribution in [2.45, 2.75) is 51.7 Å². The van der Waals surface area contributed by atoms with Crippen LogP contribution in [0, 0.1) is 0 Å². The number of anilines is 1. The Balaban J connectivity index is 1.81. The van der Waals surface area contributed by atoms with Gasteiger partial charge in [0, 0.05) is 20.1 Å². The molecule has 0 radical (unpaired) electrons. The van der Waals surface area contributed by atoms with Crippen molar-refractivity contribution in [1.82, 2.24) is 14.9 Å². The van der Waals surface area contributed by atoms with E-state index >= 15 is 0 Å². The number of hydrogen-bond acceptors (Lipinski definition) is 6. The van der Waals surface area contributed by atoms with Crippen LogP contribution in [-0.4, -0.2) is 59.9 Å². The highest BCUT2D eigenvalue weighted by Crippen LogP contribution is 2.28. The number of nitrogens with zero attached hydrogens (tertiary/aromatic N) is 4. The van der Waals surface area contributed by atoms with E-state index in [-0.39, 0.29) is 12.1 Å². The number of carbonyl (C=O) groups excluding carboxylic acids is 1. The van der Waals surface area contributed by atoms with Crippen molar-refractivity contribution in [3.8, 4) is 5.88 Å². The molecule has 1 atom stereocenters. The number of hydrogen-bond donors (Lipinski definition) is 0. The molecule has 1 fully saturated rings. The number of fused-ring (bicyclic) bond motifs is 1. The Labute approximate surface area is 166 Å². The van der Waals surface area contributed by atoms with Crippen LogP contribution < -0.4 is 9.64 Å². The molecule has 1 saturated heterocycles. The predicted molar refractivity (Wildman–Crippen MR) is 110 cm³/mol. The Kier molecular flexibility index (Phi) is 5.91. The van der Waals surface area contributed by atoms with E-state index in [9.17, 15) is 4.79 Å². The topological polar surface area (TPSA) is 67.8 Å². The normalized spacial score (nSPS) is 17.5. The summed E-state index contributed by atoms with van der Waals surface area (Å²) in [6, 6.07) is 7.79. The molecule has 1 aromatic carbocycles. The van der Waals surface area contributed by atoms with Crippen molar-refractivity contribution < 1.29 is 14.3 Å². The average Bonchev–Trinajstić information content (AvgIpc) is 2.65. The van der Waals surface area contributed by atoms with E-state index in [1.54, 1.807) is 7.11 Å². The molecular weight excluding hydrogens is 356 g/mol. The highest BCUT2D eigenvalue weighted by molar-refractivity contribution is 5.77. The van der Waals surface area contributed by atoms with Gasteiger partial charge in [0.05, 0.1) is 24.2 Å². The molecule has 1 amide bonds. The fourth-order valence-corrected chi connectivity index (χ4v) is 3.51. The van der Waals surface area contributed by atoms with Crippen LogP contribution in [0.15, 0.2) is 24.3 Å². The zero-order chi connectivity index (χ0) is 20.3. The van der Waals surface area contributed by atoms with E-state index in [1.165, 1.54) is 0 Å². The number of carbonyl (C=O) groups is 1. The number of ether oxygens (including phenoxy) is 2. The molecule has 28 heavy (non-hydrogen) atoms. The van der Waals surface area contributed by atoms with Crippen LogP contribution in [0.1, 0.15) is 40.0 Å². The van der Waals surface area contributed by atoms with Gasteiger partial charge in [0.2, 0.25) is 0 Å². The summed E-state index contributed by atoms with van der Waals surface area (Å²) in [5, 5.41) is 0. The molecule has 0 spiro atoms. The first-order chi connectivity index (χ1) is 13.3. The Morgan fingerprint density at radius 1 is 1.21 bits per heavy atom. The third-order valence-electron chi connectivity index (χ3n) is 4.82. The lowest BCUT2D eigenvalue weighted by molar-refractivity contribution is 0.0108. The van der Waals surface area contributed by atoms with Crippen molar-refractivity contribution in [1.29, 1.82) is 0 Å². The minimum Gasteiger partial charge on any atom is -0.478 e. The molecule has 2 heterocycles. The number of piperidine rings is 1. The second-order valence-corrected chi connectivity index (χ2v) is 8.25. The quantitative estimate of drug-likeness (QED) is 0.795. The molecule has 7 nitrogen and oxygen atoms in total. The fraction of sp³-hybridized carbons (Fsp3) is 0.571. The maximum absolute atomic E-state index is 12.7. The first-order valence-electron chi connectivity index (χ1n) is 9.80. The van der Waals surface area contributed by atoms with E-state index in [0.29, 0.717) is 24.8 Å². The van der Waals surface area contributed by atoms with Crippen LogP contribution in [-0.2, 0) is 4.74 Å². The molecule has 0 unspecified atom stereocenters. The summed E-state index contributed by atoms with van der Waals surface area (Å²) in [4.78, 5) is 25.9. The Bertz CT molecular complexity index is 834. The van der Waals surface area contributed by atoms with Crippen molar-refractivity contribution >= 4 is 22.9 Å². The number of rotatable bonds is 4. The summed E-state index contributed by atoms with van der Waals surface area (Å²) in [7, 11) is 3.56. The molecular formula is C21H30N4O3. The molecule has 0 N–H and O–H groups in total.